The Kier molecular flexibility index (Phi) is 4.23. The van der Waals surface area contributed by atoms with E-state index in [0.717, 1.165) is 7.11 Å². The van der Waals surface area contributed by atoms with Gasteiger partial charge in [-0.15, -0.1) is 0 Å². The van der Waals surface area contributed by atoms with Crippen LogP contribution in [0, 0.1) is 0 Å². The smallest absolute Gasteiger partial charge is 0.330 e. The zero-order chi connectivity index (χ0) is 7.98. The Morgan fingerprint density at radius 3 is 2.80 bits per heavy atom. The minimum atomic E-state index is -0.998. The predicted octanol–water partition coefficient (Wildman–Crippen LogP) is -1.82. The molecule has 0 aromatic rings. The molecule has 0 saturated carbocycles. The first-order valence-electron chi connectivity index (χ1n) is 2.57. The van der Waals surface area contributed by atoms with E-state index in [4.69, 9.17) is 5.11 Å². The van der Waals surface area contributed by atoms with Gasteiger partial charge in [0.25, 0.3) is 0 Å². The van der Waals surface area contributed by atoms with E-state index in [9.17, 15) is 9.59 Å². The maximum absolute atomic E-state index is 10.5. The molecular weight excluding hydrogens is 138 g/mol. The van der Waals surface area contributed by atoms with Crippen LogP contribution in [0.3, 0.4) is 0 Å². The third kappa shape index (κ3) is 2.45. The number of aliphatic hydroxyl groups is 1. The Bertz CT molecular complexity index is 125. The van der Waals surface area contributed by atoms with Gasteiger partial charge in [0.05, 0.1) is 13.7 Å². The van der Waals surface area contributed by atoms with Gasteiger partial charge in [-0.05, 0) is 0 Å². The van der Waals surface area contributed by atoms with E-state index in [1.165, 1.54) is 6.41 Å². The van der Waals surface area contributed by atoms with Gasteiger partial charge in [-0.2, -0.15) is 0 Å². The highest BCUT2D eigenvalue weighted by atomic mass is 16.5. The molecule has 5 heteroatoms. The first-order valence-corrected chi connectivity index (χ1v) is 2.57. The quantitative estimate of drug-likeness (QED) is 0.361. The second-order valence-corrected chi connectivity index (χ2v) is 1.50. The van der Waals surface area contributed by atoms with Gasteiger partial charge < -0.3 is 15.2 Å². The fraction of sp³-hybridized carbons (Fsp3) is 0.600. The van der Waals surface area contributed by atoms with Crippen LogP contribution in [-0.4, -0.2) is 37.2 Å². The van der Waals surface area contributed by atoms with Crippen molar-refractivity contribution < 1.29 is 19.4 Å². The number of ether oxygens (including phenoxy) is 1. The molecule has 0 unspecified atom stereocenters. The van der Waals surface area contributed by atoms with Gasteiger partial charge in [-0.1, -0.05) is 0 Å². The summed E-state index contributed by atoms with van der Waals surface area (Å²) in [6.45, 7) is -0.484. The van der Waals surface area contributed by atoms with Crippen LogP contribution in [0.15, 0.2) is 0 Å². The van der Waals surface area contributed by atoms with Crippen LogP contribution in [0.4, 0.5) is 0 Å². The molecule has 0 aliphatic rings. The number of carbonyl (C=O) groups excluding carboxylic acids is 2. The number of carbonyl (C=O) groups is 1. The molecule has 0 aromatic heterocycles. The first-order chi connectivity index (χ1) is 4.76. The van der Waals surface area contributed by atoms with Crippen molar-refractivity contribution in [1.29, 1.82) is 0 Å². The molecule has 2 N–H and O–H groups in total. The fourth-order valence-corrected chi connectivity index (χ4v) is 0.392. The molecule has 5 nitrogen and oxygen atoms in total. The average Bonchev–Trinajstić information content (AvgIpc) is 1.99. The predicted molar refractivity (Wildman–Crippen MR) is 31.7 cm³/mol. The summed E-state index contributed by atoms with van der Waals surface area (Å²) in [5.41, 5.74) is 0. The number of nitrogens with one attached hydrogen (secondary N) is 1. The number of aliphatic hydroxyl groups excluding tert-OH is 1. The molecule has 0 saturated heterocycles. The molecule has 10 heavy (non-hydrogen) atoms. The highest BCUT2D eigenvalue weighted by Gasteiger charge is 2.16. The molecular formula is C5H8NO4. The molecule has 0 aliphatic carbocycles. The Hall–Kier alpha value is -1.10. The normalized spacial score (nSPS) is 11.8. The molecule has 0 aliphatic heterocycles. The van der Waals surface area contributed by atoms with Crippen molar-refractivity contribution in [2.45, 2.75) is 6.04 Å². The summed E-state index contributed by atoms with van der Waals surface area (Å²) in [6, 6.07) is -0.998. The van der Waals surface area contributed by atoms with Crippen LogP contribution in [0.1, 0.15) is 0 Å². The van der Waals surface area contributed by atoms with Crippen molar-refractivity contribution in [3.8, 4) is 0 Å². The van der Waals surface area contributed by atoms with Gasteiger partial charge in [-0.25, -0.2) is 4.79 Å². The van der Waals surface area contributed by atoms with Crippen molar-refractivity contribution in [3.05, 3.63) is 0 Å². The molecule has 1 atom stereocenters. The summed E-state index contributed by atoms with van der Waals surface area (Å²) in [7, 11) is 1.16. The lowest BCUT2D eigenvalue weighted by molar-refractivity contribution is -0.143. The number of esters is 1. The number of rotatable bonds is 4. The zero-order valence-corrected chi connectivity index (χ0v) is 5.46. The maximum Gasteiger partial charge on any atom is 0.330 e. The van der Waals surface area contributed by atoms with Gasteiger partial charge in [-0.3, -0.25) is 4.79 Å². The minimum absolute atomic E-state index is 0.484. The first kappa shape index (κ1) is 8.90. The van der Waals surface area contributed by atoms with Crippen LogP contribution >= 0.6 is 0 Å². The second-order valence-electron chi connectivity index (χ2n) is 1.50. The molecule has 0 bridgehead atoms. The van der Waals surface area contributed by atoms with E-state index in [1.54, 1.807) is 0 Å². The summed E-state index contributed by atoms with van der Waals surface area (Å²) in [5.74, 6) is -0.689. The van der Waals surface area contributed by atoms with Crippen molar-refractivity contribution in [1.82, 2.24) is 5.32 Å². The minimum Gasteiger partial charge on any atom is -0.467 e. The monoisotopic (exact) mass is 146 g/mol. The second kappa shape index (κ2) is 4.75. The van der Waals surface area contributed by atoms with E-state index in [1.807, 2.05) is 5.32 Å². The lowest BCUT2D eigenvalue weighted by Gasteiger charge is -2.07. The zero-order valence-electron chi connectivity index (χ0n) is 5.46. The van der Waals surface area contributed by atoms with Crippen LogP contribution in [-0.2, 0) is 14.3 Å². The summed E-state index contributed by atoms with van der Waals surface area (Å²) in [5, 5.41) is 10.4. The van der Waals surface area contributed by atoms with Gasteiger partial charge in [0, 0.05) is 0 Å². The van der Waals surface area contributed by atoms with Gasteiger partial charge in [0.1, 0.15) is 0 Å². The number of methoxy groups -OCH3 is 1. The molecule has 0 aromatic carbocycles. The van der Waals surface area contributed by atoms with Crippen molar-refractivity contribution in [3.63, 3.8) is 0 Å². The molecule has 1 radical (unpaired) electrons. The van der Waals surface area contributed by atoms with E-state index in [-0.39, 0.29) is 0 Å². The molecule has 0 heterocycles. The Labute approximate surface area is 58.0 Å². The third-order valence-corrected chi connectivity index (χ3v) is 0.901. The van der Waals surface area contributed by atoms with Crippen LogP contribution < -0.4 is 5.32 Å². The number of amides is 1. The summed E-state index contributed by atoms with van der Waals surface area (Å²) in [4.78, 5) is 20.1. The Morgan fingerprint density at radius 1 is 1.90 bits per heavy atom. The molecule has 0 rings (SSSR count). The third-order valence-electron chi connectivity index (χ3n) is 0.901. The molecule has 57 valence electrons. The van der Waals surface area contributed by atoms with Crippen LogP contribution in [0.25, 0.3) is 0 Å². The van der Waals surface area contributed by atoms with Crippen molar-refractivity contribution in [2.75, 3.05) is 13.7 Å². The van der Waals surface area contributed by atoms with E-state index in [2.05, 4.69) is 4.74 Å². The van der Waals surface area contributed by atoms with Crippen molar-refractivity contribution >= 4 is 12.4 Å². The standard InChI is InChI=1S/C5H8NO4/c1-10-5(9)4(2-7)6-3-8/h4,7H,2H2,1H3,(H,6,8)/t4-/m0/s1. The molecule has 0 fully saturated rings. The topological polar surface area (TPSA) is 75.6 Å². The summed E-state index contributed by atoms with van der Waals surface area (Å²) >= 11 is 0. The highest BCUT2D eigenvalue weighted by molar-refractivity contribution is 5.78. The lowest BCUT2D eigenvalue weighted by Crippen LogP contribution is -2.39. The maximum atomic E-state index is 10.5. The lowest BCUT2D eigenvalue weighted by atomic mass is 10.3. The van der Waals surface area contributed by atoms with E-state index in [0.29, 0.717) is 0 Å². The average molecular weight is 146 g/mol. The summed E-state index contributed by atoms with van der Waals surface area (Å²) < 4.78 is 4.22. The van der Waals surface area contributed by atoms with Gasteiger partial charge in [0.2, 0.25) is 0 Å². The largest absolute Gasteiger partial charge is 0.467 e. The number of hydrogen-bond donors (Lipinski definition) is 2. The fourth-order valence-electron chi connectivity index (χ4n) is 0.392. The Morgan fingerprint density at radius 2 is 2.50 bits per heavy atom. The van der Waals surface area contributed by atoms with Crippen LogP contribution in [0.5, 0.6) is 0 Å². The Balaban J connectivity index is 3.79. The van der Waals surface area contributed by atoms with Crippen molar-refractivity contribution in [2.24, 2.45) is 0 Å². The summed E-state index contributed by atoms with van der Waals surface area (Å²) in [6.07, 6.45) is 1.27. The van der Waals surface area contributed by atoms with E-state index < -0.39 is 18.6 Å². The van der Waals surface area contributed by atoms with E-state index >= 15 is 0 Å². The van der Waals surface area contributed by atoms with Crippen LogP contribution in [0.2, 0.25) is 0 Å². The molecule has 1 amide bonds. The highest BCUT2D eigenvalue weighted by Crippen LogP contribution is 1.83. The van der Waals surface area contributed by atoms with Gasteiger partial charge in [0.15, 0.2) is 6.04 Å². The number of hydrogen-bond acceptors (Lipinski definition) is 4. The van der Waals surface area contributed by atoms with Gasteiger partial charge >= 0.3 is 12.4 Å². The molecule has 0 spiro atoms. The SMILES string of the molecule is COC(=O)[C@H](CO)N[C]=O.